The molecule has 0 aliphatic carbocycles. The number of carbonyl (C=O) groups excluding carboxylic acids is 1. The van der Waals surface area contributed by atoms with Crippen LogP contribution in [0.15, 0.2) is 41.3 Å². The number of carbonyl (C=O) groups is 1. The van der Waals surface area contributed by atoms with Gasteiger partial charge in [-0.15, -0.1) is 0 Å². The van der Waals surface area contributed by atoms with Crippen molar-refractivity contribution in [2.24, 2.45) is 0 Å². The maximum atomic E-state index is 13.0. The van der Waals surface area contributed by atoms with Crippen LogP contribution >= 0.6 is 0 Å². The Hall–Kier alpha value is -2.74. The summed E-state index contributed by atoms with van der Waals surface area (Å²) in [6.07, 6.45) is 2.31. The largest absolute Gasteiger partial charge is 0.490 e. The molecule has 1 atom stereocenters. The average Bonchev–Trinajstić information content (AvgIpc) is 3.06. The Kier molecular flexibility index (Phi) is 7.10. The Balaban J connectivity index is 1.85. The van der Waals surface area contributed by atoms with Crippen LogP contribution in [0.1, 0.15) is 46.1 Å². The number of anilines is 2. The van der Waals surface area contributed by atoms with E-state index < -0.39 is 10.0 Å². The van der Waals surface area contributed by atoms with Gasteiger partial charge in [-0.1, -0.05) is 13.8 Å². The van der Waals surface area contributed by atoms with E-state index in [0.717, 1.165) is 24.1 Å². The molecule has 1 heterocycles. The average molecular weight is 447 g/mol. The van der Waals surface area contributed by atoms with E-state index in [0.29, 0.717) is 36.8 Å². The SMILES string of the molecule is CCCOc1ccc(NS(=O)(=O)c2ccc3c(c2)CC(C)N3C(C)=O)cc1OCCC. The second-order valence-electron chi connectivity index (χ2n) is 7.70. The van der Waals surface area contributed by atoms with Gasteiger partial charge in [-0.05, 0) is 62.1 Å². The predicted octanol–water partition coefficient (Wildman–Crippen LogP) is 4.36. The Morgan fingerprint density at radius 2 is 1.74 bits per heavy atom. The topological polar surface area (TPSA) is 84.9 Å². The molecule has 7 nitrogen and oxygen atoms in total. The van der Waals surface area contributed by atoms with Crippen molar-refractivity contribution >= 4 is 27.3 Å². The third kappa shape index (κ3) is 5.12. The minimum Gasteiger partial charge on any atom is -0.490 e. The molecule has 3 rings (SSSR count). The summed E-state index contributed by atoms with van der Waals surface area (Å²) in [5.74, 6) is 1.05. The number of ether oxygens (including phenoxy) is 2. The van der Waals surface area contributed by atoms with E-state index in [4.69, 9.17) is 9.47 Å². The van der Waals surface area contributed by atoms with Crippen LogP contribution in [0.5, 0.6) is 11.5 Å². The second kappa shape index (κ2) is 9.60. The number of amides is 1. The van der Waals surface area contributed by atoms with Crippen LogP contribution < -0.4 is 19.1 Å². The molecule has 1 aliphatic rings. The quantitative estimate of drug-likeness (QED) is 0.619. The van der Waals surface area contributed by atoms with Gasteiger partial charge in [0.2, 0.25) is 5.91 Å². The second-order valence-corrected chi connectivity index (χ2v) is 9.38. The summed E-state index contributed by atoms with van der Waals surface area (Å²) in [6, 6.07) is 9.90. The molecule has 31 heavy (non-hydrogen) atoms. The molecule has 1 unspecified atom stereocenters. The maximum Gasteiger partial charge on any atom is 0.261 e. The number of sulfonamides is 1. The molecule has 0 radical (unpaired) electrons. The first-order chi connectivity index (χ1) is 14.8. The highest BCUT2D eigenvalue weighted by molar-refractivity contribution is 7.92. The van der Waals surface area contributed by atoms with Crippen molar-refractivity contribution < 1.29 is 22.7 Å². The number of hydrogen-bond acceptors (Lipinski definition) is 5. The first-order valence-corrected chi connectivity index (χ1v) is 12.1. The van der Waals surface area contributed by atoms with Gasteiger partial charge in [-0.2, -0.15) is 0 Å². The number of rotatable bonds is 9. The lowest BCUT2D eigenvalue weighted by atomic mass is 10.1. The van der Waals surface area contributed by atoms with Gasteiger partial charge in [-0.25, -0.2) is 8.42 Å². The van der Waals surface area contributed by atoms with Crippen molar-refractivity contribution in [2.75, 3.05) is 22.8 Å². The Morgan fingerprint density at radius 3 is 2.39 bits per heavy atom. The van der Waals surface area contributed by atoms with Gasteiger partial charge >= 0.3 is 0 Å². The van der Waals surface area contributed by atoms with Crippen molar-refractivity contribution in [3.8, 4) is 11.5 Å². The zero-order valence-electron chi connectivity index (χ0n) is 18.5. The van der Waals surface area contributed by atoms with Crippen molar-refractivity contribution in [1.82, 2.24) is 0 Å². The van der Waals surface area contributed by atoms with Gasteiger partial charge in [0.15, 0.2) is 11.5 Å². The molecule has 1 aliphatic heterocycles. The van der Waals surface area contributed by atoms with E-state index in [2.05, 4.69) is 4.72 Å². The molecule has 168 valence electrons. The van der Waals surface area contributed by atoms with E-state index in [1.165, 1.54) is 13.0 Å². The fourth-order valence-corrected chi connectivity index (χ4v) is 4.80. The van der Waals surface area contributed by atoms with E-state index in [1.54, 1.807) is 35.2 Å². The van der Waals surface area contributed by atoms with E-state index in [1.807, 2.05) is 20.8 Å². The molecule has 1 amide bonds. The van der Waals surface area contributed by atoms with Crippen molar-refractivity contribution in [3.05, 3.63) is 42.0 Å². The van der Waals surface area contributed by atoms with Crippen LogP contribution in [0.25, 0.3) is 0 Å². The first-order valence-electron chi connectivity index (χ1n) is 10.6. The number of benzene rings is 2. The minimum absolute atomic E-state index is 0.00681. The van der Waals surface area contributed by atoms with E-state index in [9.17, 15) is 13.2 Å². The van der Waals surface area contributed by atoms with Gasteiger partial charge in [0, 0.05) is 24.7 Å². The molecule has 8 heteroatoms. The molecule has 0 fully saturated rings. The predicted molar refractivity (Wildman–Crippen MR) is 122 cm³/mol. The van der Waals surface area contributed by atoms with Crippen molar-refractivity contribution in [1.29, 1.82) is 0 Å². The van der Waals surface area contributed by atoms with Crippen LogP contribution in [-0.4, -0.2) is 33.6 Å². The van der Waals surface area contributed by atoms with Crippen LogP contribution in [0.2, 0.25) is 0 Å². The van der Waals surface area contributed by atoms with Crippen LogP contribution in [0.4, 0.5) is 11.4 Å². The maximum absolute atomic E-state index is 13.0. The van der Waals surface area contributed by atoms with Crippen LogP contribution in [0.3, 0.4) is 0 Å². The summed E-state index contributed by atoms with van der Waals surface area (Å²) in [7, 11) is -3.81. The Morgan fingerprint density at radius 1 is 1.06 bits per heavy atom. The first kappa shape index (κ1) is 22.9. The van der Waals surface area contributed by atoms with Crippen molar-refractivity contribution in [3.63, 3.8) is 0 Å². The van der Waals surface area contributed by atoms with Crippen LogP contribution in [-0.2, 0) is 21.2 Å². The fraction of sp³-hybridized carbons (Fsp3) is 0.435. The molecule has 0 saturated carbocycles. The lowest BCUT2D eigenvalue weighted by Gasteiger charge is -2.20. The number of fused-ring (bicyclic) bond motifs is 1. The molecule has 0 aromatic heterocycles. The highest BCUT2D eigenvalue weighted by Crippen LogP contribution is 2.35. The molecule has 2 aromatic carbocycles. The molecule has 0 saturated heterocycles. The normalized spacial score (nSPS) is 15.5. The van der Waals surface area contributed by atoms with Crippen molar-refractivity contribution in [2.45, 2.75) is 57.9 Å². The monoisotopic (exact) mass is 446 g/mol. The smallest absolute Gasteiger partial charge is 0.261 e. The van der Waals surface area contributed by atoms with E-state index >= 15 is 0 Å². The summed E-state index contributed by atoms with van der Waals surface area (Å²) >= 11 is 0. The zero-order valence-corrected chi connectivity index (χ0v) is 19.3. The minimum atomic E-state index is -3.81. The number of nitrogens with one attached hydrogen (secondary N) is 1. The number of hydrogen-bond donors (Lipinski definition) is 1. The summed E-state index contributed by atoms with van der Waals surface area (Å²) in [4.78, 5) is 13.8. The summed E-state index contributed by atoms with van der Waals surface area (Å²) < 4.78 is 40.1. The molecule has 1 N–H and O–H groups in total. The standard InChI is InChI=1S/C23H30N2O5S/c1-5-11-29-22-10-7-19(15-23(22)30-12-6-2)24-31(27,28)20-8-9-21-18(14-20)13-16(3)25(21)17(4)26/h7-10,14-16,24H,5-6,11-13H2,1-4H3. The molecular weight excluding hydrogens is 416 g/mol. The molecule has 2 aromatic rings. The number of nitrogens with zero attached hydrogens (tertiary/aromatic N) is 1. The van der Waals surface area contributed by atoms with Gasteiger partial charge in [0.1, 0.15) is 0 Å². The molecule has 0 spiro atoms. The lowest BCUT2D eigenvalue weighted by molar-refractivity contribution is -0.116. The Labute approximate surface area is 184 Å². The van der Waals surface area contributed by atoms with Gasteiger partial charge in [-0.3, -0.25) is 9.52 Å². The van der Waals surface area contributed by atoms with Gasteiger partial charge < -0.3 is 14.4 Å². The zero-order chi connectivity index (χ0) is 22.6. The third-order valence-corrected chi connectivity index (χ3v) is 6.41. The highest BCUT2D eigenvalue weighted by Gasteiger charge is 2.30. The molecule has 0 bridgehead atoms. The Bertz CT molecular complexity index is 1050. The van der Waals surface area contributed by atoms with Crippen LogP contribution in [0, 0.1) is 0 Å². The van der Waals surface area contributed by atoms with E-state index in [-0.39, 0.29) is 16.8 Å². The summed E-state index contributed by atoms with van der Waals surface area (Å²) in [5.41, 5.74) is 2.02. The summed E-state index contributed by atoms with van der Waals surface area (Å²) in [5, 5.41) is 0. The molecular formula is C23H30N2O5S. The fourth-order valence-electron chi connectivity index (χ4n) is 3.70. The van der Waals surface area contributed by atoms with Gasteiger partial charge in [0.25, 0.3) is 10.0 Å². The third-order valence-electron chi connectivity index (χ3n) is 5.04. The van der Waals surface area contributed by atoms with Gasteiger partial charge in [0.05, 0.1) is 23.8 Å². The lowest BCUT2D eigenvalue weighted by Crippen LogP contribution is -2.33. The highest BCUT2D eigenvalue weighted by atomic mass is 32.2. The summed E-state index contributed by atoms with van der Waals surface area (Å²) in [6.45, 7) is 8.55.